The lowest BCUT2D eigenvalue weighted by atomic mass is 10.0. The zero-order valence-electron chi connectivity index (χ0n) is 39.2. The van der Waals surface area contributed by atoms with Crippen LogP contribution < -0.4 is 0 Å². The lowest BCUT2D eigenvalue weighted by Crippen LogP contribution is -2.30. The molecule has 60 heavy (non-hydrogen) atoms. The molecule has 0 aromatic rings. The first kappa shape index (κ1) is 56.9. The summed E-state index contributed by atoms with van der Waals surface area (Å²) in [5.41, 5.74) is 0. The number of unbranched alkanes of at least 4 members (excludes halogenated alkanes) is 25. The predicted molar refractivity (Wildman–Crippen MR) is 256 cm³/mol. The monoisotopic (exact) mass is 837 g/mol. The molecule has 1 atom stereocenters. The zero-order valence-corrected chi connectivity index (χ0v) is 39.2. The average molecular weight is 837 g/mol. The van der Waals surface area contributed by atoms with Crippen LogP contribution in [0.25, 0.3) is 0 Å². The second kappa shape index (κ2) is 48.5. The van der Waals surface area contributed by atoms with E-state index in [0.29, 0.717) is 19.3 Å². The molecule has 0 aliphatic carbocycles. The Bertz CT molecular complexity index is 1140. The fourth-order valence-corrected chi connectivity index (χ4v) is 6.78. The summed E-state index contributed by atoms with van der Waals surface area (Å²) in [6.07, 6.45) is 60.4. The van der Waals surface area contributed by atoms with Gasteiger partial charge in [0.15, 0.2) is 6.10 Å². The van der Waals surface area contributed by atoms with Crippen LogP contribution in [0.5, 0.6) is 0 Å². The topological polar surface area (TPSA) is 78.9 Å². The van der Waals surface area contributed by atoms with Gasteiger partial charge in [0.2, 0.25) is 0 Å². The second-order valence-electron chi connectivity index (χ2n) is 16.5. The van der Waals surface area contributed by atoms with Gasteiger partial charge in [-0.2, -0.15) is 0 Å². The van der Waals surface area contributed by atoms with Crippen LogP contribution in [0.2, 0.25) is 0 Å². The summed E-state index contributed by atoms with van der Waals surface area (Å²) in [6, 6.07) is 0. The molecule has 0 aromatic carbocycles. The second-order valence-corrected chi connectivity index (χ2v) is 16.5. The van der Waals surface area contributed by atoms with Gasteiger partial charge in [-0.1, -0.05) is 229 Å². The highest BCUT2D eigenvalue weighted by Gasteiger charge is 2.19. The molecule has 0 aliphatic heterocycles. The van der Waals surface area contributed by atoms with Crippen molar-refractivity contribution in [3.63, 3.8) is 0 Å². The smallest absolute Gasteiger partial charge is 0.306 e. The van der Waals surface area contributed by atoms with Crippen LogP contribution >= 0.6 is 0 Å². The summed E-state index contributed by atoms with van der Waals surface area (Å²) in [5, 5.41) is 0. The quantitative estimate of drug-likeness (QED) is 0.0263. The van der Waals surface area contributed by atoms with E-state index >= 15 is 0 Å². The van der Waals surface area contributed by atoms with Crippen molar-refractivity contribution in [3.05, 3.63) is 72.9 Å². The third-order valence-corrected chi connectivity index (χ3v) is 10.6. The van der Waals surface area contributed by atoms with Gasteiger partial charge in [-0.05, 0) is 57.8 Å². The zero-order chi connectivity index (χ0) is 43.7. The minimum atomic E-state index is -0.803. The van der Waals surface area contributed by atoms with Crippen LogP contribution in [-0.4, -0.2) is 37.2 Å². The average Bonchev–Trinajstić information content (AvgIpc) is 3.24. The van der Waals surface area contributed by atoms with Crippen LogP contribution in [0, 0.1) is 0 Å². The molecule has 0 N–H and O–H groups in total. The van der Waals surface area contributed by atoms with E-state index in [-0.39, 0.29) is 37.5 Å². The maximum atomic E-state index is 12.7. The fourth-order valence-electron chi connectivity index (χ4n) is 6.78. The van der Waals surface area contributed by atoms with E-state index in [9.17, 15) is 14.4 Å². The molecule has 0 bridgehead atoms. The molecule has 0 saturated heterocycles. The highest BCUT2D eigenvalue weighted by molar-refractivity contribution is 5.71. The standard InChI is InChI=1S/C54H92O6/c1-4-7-10-13-16-19-22-24-25-26-27-28-30-32-35-38-41-44-47-53(56)59-50-51(49-58-52(55)46-43-40-37-34-31-21-18-15-12-9-6-3)60-54(57)48-45-42-39-36-33-29-23-20-17-14-11-8-5-2/h8,11,14-15,17-18,20-21,23,29,31,33,51H,4-7,9-10,12-13,16,19,22,24-28,30,32,34-50H2,1-3H3/b11-8-,17-14-,18-15-,23-20-,31-21-,33-29-. The van der Waals surface area contributed by atoms with Crippen molar-refractivity contribution in [3.8, 4) is 0 Å². The third-order valence-electron chi connectivity index (χ3n) is 10.6. The van der Waals surface area contributed by atoms with Gasteiger partial charge < -0.3 is 14.2 Å². The van der Waals surface area contributed by atoms with E-state index in [1.165, 1.54) is 109 Å². The highest BCUT2D eigenvalue weighted by Crippen LogP contribution is 2.15. The van der Waals surface area contributed by atoms with Crippen LogP contribution in [0.4, 0.5) is 0 Å². The molecular formula is C54H92O6. The van der Waals surface area contributed by atoms with Crippen molar-refractivity contribution in [1.29, 1.82) is 0 Å². The Morgan fingerprint density at radius 1 is 0.350 bits per heavy atom. The van der Waals surface area contributed by atoms with E-state index in [4.69, 9.17) is 14.2 Å². The molecule has 344 valence electrons. The maximum Gasteiger partial charge on any atom is 0.306 e. The van der Waals surface area contributed by atoms with Gasteiger partial charge in [-0.15, -0.1) is 0 Å². The lowest BCUT2D eigenvalue weighted by molar-refractivity contribution is -0.167. The summed E-state index contributed by atoms with van der Waals surface area (Å²) in [6.45, 7) is 6.39. The molecule has 0 saturated carbocycles. The summed E-state index contributed by atoms with van der Waals surface area (Å²) in [7, 11) is 0. The van der Waals surface area contributed by atoms with Crippen molar-refractivity contribution >= 4 is 17.9 Å². The highest BCUT2D eigenvalue weighted by atomic mass is 16.6. The minimum Gasteiger partial charge on any atom is -0.462 e. The maximum absolute atomic E-state index is 12.7. The van der Waals surface area contributed by atoms with Crippen LogP contribution in [-0.2, 0) is 28.6 Å². The summed E-state index contributed by atoms with van der Waals surface area (Å²) in [4.78, 5) is 37.8. The fraction of sp³-hybridized carbons (Fsp3) is 0.722. The van der Waals surface area contributed by atoms with Crippen LogP contribution in [0.1, 0.15) is 233 Å². The molecule has 0 spiro atoms. The molecule has 0 aromatic heterocycles. The Balaban J connectivity index is 4.39. The molecule has 0 fully saturated rings. The Kier molecular flexibility index (Phi) is 46.0. The van der Waals surface area contributed by atoms with Crippen molar-refractivity contribution in [2.24, 2.45) is 0 Å². The molecule has 0 heterocycles. The van der Waals surface area contributed by atoms with Crippen molar-refractivity contribution in [2.75, 3.05) is 13.2 Å². The summed E-state index contributed by atoms with van der Waals surface area (Å²) < 4.78 is 16.7. The first-order chi connectivity index (χ1) is 29.5. The van der Waals surface area contributed by atoms with Crippen molar-refractivity contribution in [2.45, 2.75) is 239 Å². The Hall–Kier alpha value is -3.15. The number of carbonyl (C=O) groups excluding carboxylic acids is 3. The summed E-state index contributed by atoms with van der Waals surface area (Å²) in [5.74, 6) is -0.967. The Labute approximate surface area is 370 Å². The van der Waals surface area contributed by atoms with E-state index in [2.05, 4.69) is 57.2 Å². The van der Waals surface area contributed by atoms with E-state index in [1.54, 1.807) is 0 Å². The predicted octanol–water partition coefficient (Wildman–Crippen LogP) is 16.3. The normalized spacial score (nSPS) is 12.7. The number of hydrogen-bond acceptors (Lipinski definition) is 6. The number of carbonyl (C=O) groups is 3. The van der Waals surface area contributed by atoms with E-state index in [1.807, 2.05) is 36.5 Å². The number of esters is 3. The van der Waals surface area contributed by atoms with Gasteiger partial charge >= 0.3 is 17.9 Å². The van der Waals surface area contributed by atoms with E-state index in [0.717, 1.165) is 77.0 Å². The number of rotatable bonds is 44. The number of allylic oxidation sites excluding steroid dienone is 12. The first-order valence-corrected chi connectivity index (χ1v) is 25.0. The van der Waals surface area contributed by atoms with Crippen LogP contribution in [0.3, 0.4) is 0 Å². The molecule has 0 aliphatic rings. The minimum absolute atomic E-state index is 0.0987. The lowest BCUT2D eigenvalue weighted by Gasteiger charge is -2.18. The molecular weight excluding hydrogens is 745 g/mol. The molecule has 6 heteroatoms. The van der Waals surface area contributed by atoms with Gasteiger partial charge in [0.05, 0.1) is 0 Å². The van der Waals surface area contributed by atoms with Gasteiger partial charge in [0.1, 0.15) is 13.2 Å². The molecule has 0 radical (unpaired) electrons. The van der Waals surface area contributed by atoms with Gasteiger partial charge in [-0.25, -0.2) is 0 Å². The molecule has 0 amide bonds. The molecule has 1 unspecified atom stereocenters. The molecule has 6 nitrogen and oxygen atoms in total. The van der Waals surface area contributed by atoms with E-state index < -0.39 is 6.10 Å². The van der Waals surface area contributed by atoms with Gasteiger partial charge in [0.25, 0.3) is 0 Å². The Morgan fingerprint density at radius 3 is 1.08 bits per heavy atom. The van der Waals surface area contributed by atoms with Crippen LogP contribution in [0.15, 0.2) is 72.9 Å². The third kappa shape index (κ3) is 45.9. The van der Waals surface area contributed by atoms with Gasteiger partial charge in [0, 0.05) is 19.3 Å². The number of hydrogen-bond donors (Lipinski definition) is 0. The van der Waals surface area contributed by atoms with Crippen molar-refractivity contribution in [1.82, 2.24) is 0 Å². The van der Waals surface area contributed by atoms with Gasteiger partial charge in [-0.3, -0.25) is 14.4 Å². The largest absolute Gasteiger partial charge is 0.462 e. The Morgan fingerprint density at radius 2 is 0.667 bits per heavy atom. The molecule has 0 rings (SSSR count). The number of ether oxygens (including phenoxy) is 3. The van der Waals surface area contributed by atoms with Crippen molar-refractivity contribution < 1.29 is 28.6 Å². The first-order valence-electron chi connectivity index (χ1n) is 25.0. The summed E-state index contributed by atoms with van der Waals surface area (Å²) >= 11 is 0. The SMILES string of the molecule is CC\C=C/C=C\C=C/C=C\CCCCCC(=O)OC(COC(=O)CCCCC/C=C\C=C/CCCC)COC(=O)CCCCCCCCCCCCCCCCCCCC.